The number of thiazole rings is 1. The van der Waals surface area contributed by atoms with Gasteiger partial charge in [-0.15, -0.1) is 11.3 Å². The monoisotopic (exact) mass is 495 g/mol. The number of benzene rings is 3. The van der Waals surface area contributed by atoms with Crippen molar-refractivity contribution in [3.63, 3.8) is 0 Å². The predicted octanol–water partition coefficient (Wildman–Crippen LogP) is 6.66. The molecule has 36 heavy (non-hydrogen) atoms. The van der Waals surface area contributed by atoms with Crippen LogP contribution in [0.2, 0.25) is 0 Å². The van der Waals surface area contributed by atoms with Crippen LogP contribution in [0.1, 0.15) is 31.3 Å². The molecule has 0 radical (unpaired) electrons. The summed E-state index contributed by atoms with van der Waals surface area (Å²) in [6.45, 7) is 7.07. The Bertz CT molecular complexity index is 1430. The van der Waals surface area contributed by atoms with Gasteiger partial charge in [0.25, 0.3) is 0 Å². The molecule has 0 saturated heterocycles. The number of amidine groups is 1. The highest BCUT2D eigenvalue weighted by Gasteiger charge is 2.37. The fraction of sp³-hybridized carbons (Fsp3) is 0.207. The Balaban J connectivity index is 1.43. The summed E-state index contributed by atoms with van der Waals surface area (Å²) >= 11 is 1.58. The molecule has 0 unspecified atom stereocenters. The molecule has 0 fully saturated rings. The zero-order valence-corrected chi connectivity index (χ0v) is 21.7. The Morgan fingerprint density at radius 1 is 1.06 bits per heavy atom. The molecule has 2 heterocycles. The van der Waals surface area contributed by atoms with E-state index in [-0.39, 0.29) is 5.41 Å². The Kier molecular flexibility index (Phi) is 6.57. The molecule has 1 aliphatic heterocycles. The second-order valence-corrected chi connectivity index (χ2v) is 10.0. The predicted molar refractivity (Wildman–Crippen MR) is 151 cm³/mol. The fourth-order valence-electron chi connectivity index (χ4n) is 4.51. The second kappa shape index (κ2) is 9.95. The van der Waals surface area contributed by atoms with Gasteiger partial charge in [-0.05, 0) is 61.0 Å². The number of nitrogens with zero attached hydrogens (tertiary/aromatic N) is 4. The van der Waals surface area contributed by atoms with Crippen LogP contribution in [0, 0.1) is 0 Å². The van der Waals surface area contributed by atoms with Crippen molar-refractivity contribution < 1.29 is 4.74 Å². The quantitative estimate of drug-likeness (QED) is 0.185. The topological polar surface area (TPSA) is 62.1 Å². The van der Waals surface area contributed by atoms with E-state index in [2.05, 4.69) is 72.7 Å². The molecule has 0 amide bonds. The maximum Gasteiger partial charge on any atom is 0.183 e. The lowest BCUT2D eigenvalue weighted by molar-refractivity contribution is 0.340. The number of aliphatic imine (C=N–C) groups is 1. The van der Waals surface area contributed by atoms with Gasteiger partial charge in [0.05, 0.1) is 22.5 Å². The maximum absolute atomic E-state index is 5.56. The normalized spacial score (nSPS) is 16.2. The molecular weight excluding hydrogens is 466 g/mol. The van der Waals surface area contributed by atoms with Gasteiger partial charge in [0, 0.05) is 30.1 Å². The molecule has 0 atom stereocenters. The standard InChI is InChI=1S/C29H29N5OS/c1-5-35-21-16-14-20(15-17-21)31-27(28-32-23-11-7-9-13-25(23)36-28)33-30-19-18-26-29(2,3)22-10-6-8-12-24(22)34(26)4/h6-19H,5H2,1-4H3,(H,31,33). The molecule has 0 aliphatic carbocycles. The van der Waals surface area contributed by atoms with E-state index >= 15 is 0 Å². The first-order valence-corrected chi connectivity index (χ1v) is 12.8. The van der Waals surface area contributed by atoms with Crippen LogP contribution in [0.4, 0.5) is 11.4 Å². The van der Waals surface area contributed by atoms with E-state index < -0.39 is 0 Å². The van der Waals surface area contributed by atoms with Crippen molar-refractivity contribution in [3.8, 4) is 5.75 Å². The van der Waals surface area contributed by atoms with Crippen molar-refractivity contribution in [2.75, 3.05) is 18.6 Å². The zero-order valence-electron chi connectivity index (χ0n) is 20.9. The summed E-state index contributed by atoms with van der Waals surface area (Å²) in [7, 11) is 2.10. The van der Waals surface area contributed by atoms with Crippen molar-refractivity contribution in [1.29, 1.82) is 0 Å². The van der Waals surface area contributed by atoms with Crippen LogP contribution in [0.3, 0.4) is 0 Å². The lowest BCUT2D eigenvalue weighted by Crippen LogP contribution is -2.23. The third-order valence-electron chi connectivity index (χ3n) is 6.30. The van der Waals surface area contributed by atoms with Crippen LogP contribution in [-0.2, 0) is 5.41 Å². The number of nitrogens with one attached hydrogen (secondary N) is 1. The molecule has 7 heteroatoms. The number of aromatic nitrogens is 1. The minimum atomic E-state index is -0.108. The fourth-order valence-corrected chi connectivity index (χ4v) is 5.42. The number of hydrogen-bond donors (Lipinski definition) is 1. The Morgan fingerprint density at radius 2 is 1.81 bits per heavy atom. The summed E-state index contributed by atoms with van der Waals surface area (Å²) in [6.07, 6.45) is 3.85. The van der Waals surface area contributed by atoms with Crippen LogP contribution in [0.25, 0.3) is 10.2 Å². The van der Waals surface area contributed by atoms with E-state index in [0.29, 0.717) is 12.4 Å². The Hall–Kier alpha value is -3.97. The van der Waals surface area contributed by atoms with E-state index in [9.17, 15) is 0 Å². The van der Waals surface area contributed by atoms with Gasteiger partial charge < -0.3 is 9.64 Å². The number of allylic oxidation sites excluding steroid dienone is 2. The minimum absolute atomic E-state index is 0.108. The number of para-hydroxylation sites is 2. The van der Waals surface area contributed by atoms with Crippen molar-refractivity contribution >= 4 is 45.0 Å². The molecule has 4 aromatic rings. The molecule has 1 N–H and O–H groups in total. The van der Waals surface area contributed by atoms with Crippen LogP contribution in [0.5, 0.6) is 5.75 Å². The molecule has 5 rings (SSSR count). The van der Waals surface area contributed by atoms with Crippen LogP contribution in [0.15, 0.2) is 94.7 Å². The number of rotatable bonds is 6. The van der Waals surface area contributed by atoms with E-state index in [1.807, 2.05) is 49.4 Å². The highest BCUT2D eigenvalue weighted by Crippen LogP contribution is 2.46. The highest BCUT2D eigenvalue weighted by molar-refractivity contribution is 7.20. The number of anilines is 1. The van der Waals surface area contributed by atoms with Gasteiger partial charge in [0.1, 0.15) is 5.75 Å². The number of likely N-dealkylation sites (N-methyl/N-ethyl adjacent to an activating group) is 1. The lowest BCUT2D eigenvalue weighted by Gasteiger charge is -2.23. The number of hydrazone groups is 1. The molecule has 0 spiro atoms. The molecule has 0 bridgehead atoms. The van der Waals surface area contributed by atoms with E-state index in [1.54, 1.807) is 17.6 Å². The van der Waals surface area contributed by atoms with Crippen LogP contribution < -0.4 is 15.1 Å². The smallest absolute Gasteiger partial charge is 0.183 e. The van der Waals surface area contributed by atoms with Crippen molar-refractivity contribution in [3.05, 3.63) is 95.1 Å². The summed E-state index contributed by atoms with van der Waals surface area (Å²) in [6, 6.07) is 24.3. The van der Waals surface area contributed by atoms with Gasteiger partial charge in [-0.3, -0.25) is 5.43 Å². The summed E-state index contributed by atoms with van der Waals surface area (Å²) in [5, 5.41) is 5.30. The summed E-state index contributed by atoms with van der Waals surface area (Å²) in [4.78, 5) is 11.8. The third kappa shape index (κ3) is 4.62. The number of hydrogen-bond acceptors (Lipinski definition) is 6. The van der Waals surface area contributed by atoms with Crippen molar-refractivity contribution in [2.45, 2.75) is 26.2 Å². The molecule has 3 aromatic carbocycles. The Labute approximate surface area is 215 Å². The van der Waals surface area contributed by atoms with Crippen molar-refractivity contribution in [1.82, 2.24) is 10.4 Å². The Morgan fingerprint density at radius 3 is 2.56 bits per heavy atom. The summed E-state index contributed by atoms with van der Waals surface area (Å²) < 4.78 is 6.66. The minimum Gasteiger partial charge on any atom is -0.494 e. The van der Waals surface area contributed by atoms with Crippen LogP contribution in [-0.4, -0.2) is 30.7 Å². The SMILES string of the molecule is CCOc1ccc(N=C(NN=CC=C2N(C)c3ccccc3C2(C)C)c2nc3ccccc3s2)cc1. The zero-order chi connectivity index (χ0) is 25.1. The van der Waals surface area contributed by atoms with E-state index in [0.717, 1.165) is 26.7 Å². The molecule has 6 nitrogen and oxygen atoms in total. The average Bonchev–Trinajstić information content (AvgIpc) is 3.40. The van der Waals surface area contributed by atoms with Crippen molar-refractivity contribution in [2.24, 2.45) is 10.1 Å². The van der Waals surface area contributed by atoms with Gasteiger partial charge >= 0.3 is 0 Å². The summed E-state index contributed by atoms with van der Waals surface area (Å²) in [5.41, 5.74) is 8.49. The van der Waals surface area contributed by atoms with Gasteiger partial charge in [0.2, 0.25) is 0 Å². The third-order valence-corrected chi connectivity index (χ3v) is 7.35. The van der Waals surface area contributed by atoms with Gasteiger partial charge in [-0.1, -0.05) is 44.2 Å². The van der Waals surface area contributed by atoms with E-state index in [1.165, 1.54) is 16.9 Å². The lowest BCUT2D eigenvalue weighted by atomic mass is 9.84. The first-order chi connectivity index (χ1) is 17.5. The number of fused-ring (bicyclic) bond motifs is 2. The summed E-state index contributed by atoms with van der Waals surface area (Å²) in [5.74, 6) is 1.41. The molecule has 1 aromatic heterocycles. The first-order valence-electron chi connectivity index (χ1n) is 12.0. The van der Waals surface area contributed by atoms with Gasteiger partial charge in [-0.2, -0.15) is 5.10 Å². The second-order valence-electron chi connectivity index (χ2n) is 9.02. The molecular formula is C29H29N5OS. The molecule has 1 aliphatic rings. The van der Waals surface area contributed by atoms with Gasteiger partial charge in [0.15, 0.2) is 10.8 Å². The first kappa shape index (κ1) is 23.8. The average molecular weight is 496 g/mol. The molecule has 0 saturated carbocycles. The maximum atomic E-state index is 5.56. The number of ether oxygens (including phenoxy) is 1. The molecule has 182 valence electrons. The van der Waals surface area contributed by atoms with Crippen LogP contribution >= 0.6 is 11.3 Å². The highest BCUT2D eigenvalue weighted by atomic mass is 32.1. The largest absolute Gasteiger partial charge is 0.494 e. The van der Waals surface area contributed by atoms with E-state index in [4.69, 9.17) is 14.7 Å². The van der Waals surface area contributed by atoms with Gasteiger partial charge in [-0.25, -0.2) is 9.98 Å².